The summed E-state index contributed by atoms with van der Waals surface area (Å²) in [5, 5.41) is 22.6. The number of ether oxygens (including phenoxy) is 3. The van der Waals surface area contributed by atoms with Gasteiger partial charge in [-0.2, -0.15) is 0 Å². The fourth-order valence-electron chi connectivity index (χ4n) is 6.42. The topological polar surface area (TPSA) is 193 Å². The van der Waals surface area contributed by atoms with Crippen LogP contribution in [0.1, 0.15) is 83.4 Å². The number of aliphatic carboxylic acids is 1. The van der Waals surface area contributed by atoms with Crippen molar-refractivity contribution < 1.29 is 43.3 Å². The molecule has 14 heteroatoms. The molecule has 3 aromatic rings. The molecule has 0 radical (unpaired) electrons. The highest BCUT2D eigenvalue weighted by Gasteiger charge is 2.30. The van der Waals surface area contributed by atoms with Crippen molar-refractivity contribution in [1.82, 2.24) is 26.6 Å². The fraction of sp³-hybridized carbons (Fsp3) is 0.432. The van der Waals surface area contributed by atoms with Gasteiger partial charge in [-0.3, -0.25) is 14.4 Å². The third-order valence-corrected chi connectivity index (χ3v) is 8.97. The first kappa shape index (κ1) is 44.7. The molecule has 0 fully saturated rings. The Morgan fingerprint density at radius 2 is 1.34 bits per heavy atom. The van der Waals surface area contributed by atoms with Crippen molar-refractivity contribution in [3.63, 3.8) is 0 Å². The highest BCUT2D eigenvalue weighted by atomic mass is 16.6. The smallest absolute Gasteiger partial charge is 0.407 e. The molecule has 2 unspecified atom stereocenters. The Balaban J connectivity index is 1.39. The van der Waals surface area contributed by atoms with E-state index >= 15 is 0 Å². The Kier molecular flexibility index (Phi) is 15.7. The largest absolute Gasteiger partial charge is 0.488 e. The zero-order valence-electron chi connectivity index (χ0n) is 34.2. The average molecular weight is 800 g/mol. The lowest BCUT2D eigenvalue weighted by Crippen LogP contribution is -2.50. The van der Waals surface area contributed by atoms with Crippen LogP contribution in [-0.4, -0.2) is 84.6 Å². The van der Waals surface area contributed by atoms with Crippen LogP contribution >= 0.6 is 0 Å². The van der Waals surface area contributed by atoms with E-state index in [-0.39, 0.29) is 37.6 Å². The molecule has 0 aliphatic heterocycles. The lowest BCUT2D eigenvalue weighted by Gasteiger charge is -2.24. The first-order valence-electron chi connectivity index (χ1n) is 19.5. The van der Waals surface area contributed by atoms with E-state index in [1.165, 1.54) is 0 Å². The molecule has 0 saturated heterocycles. The van der Waals surface area contributed by atoms with Crippen molar-refractivity contribution in [2.45, 2.75) is 96.4 Å². The Hall–Kier alpha value is -6.05. The molecule has 0 bridgehead atoms. The Morgan fingerprint density at radius 1 is 0.724 bits per heavy atom. The van der Waals surface area contributed by atoms with Gasteiger partial charge in [0.15, 0.2) is 0 Å². The zero-order valence-corrected chi connectivity index (χ0v) is 34.2. The minimum Gasteiger partial charge on any atom is -0.488 e. The van der Waals surface area contributed by atoms with Gasteiger partial charge in [0.2, 0.25) is 11.8 Å². The highest BCUT2D eigenvalue weighted by molar-refractivity contribution is 5.90. The van der Waals surface area contributed by atoms with E-state index in [0.717, 1.165) is 27.8 Å². The third-order valence-electron chi connectivity index (χ3n) is 8.97. The number of hydrogen-bond acceptors (Lipinski definition) is 9. The zero-order chi connectivity index (χ0) is 42.5. The lowest BCUT2D eigenvalue weighted by molar-refractivity contribution is -0.138. The Labute approximate surface area is 340 Å². The molecule has 2 atom stereocenters. The molecule has 0 saturated carbocycles. The van der Waals surface area contributed by atoms with E-state index in [9.17, 15) is 24.0 Å². The summed E-state index contributed by atoms with van der Waals surface area (Å²) < 4.78 is 17.0. The van der Waals surface area contributed by atoms with Crippen molar-refractivity contribution in [1.29, 1.82) is 0 Å². The summed E-state index contributed by atoms with van der Waals surface area (Å²) >= 11 is 0. The number of hydrogen-bond donors (Lipinski definition) is 6. The summed E-state index contributed by atoms with van der Waals surface area (Å²) in [5.41, 5.74) is 4.51. The summed E-state index contributed by atoms with van der Waals surface area (Å²) in [6.45, 7) is 14.7. The number of fused-ring (bicyclic) bond motifs is 3. The number of carbonyl (C=O) groups excluding carboxylic acids is 4. The van der Waals surface area contributed by atoms with E-state index in [1.807, 2.05) is 81.4 Å². The molecule has 0 aromatic heterocycles. The maximum atomic E-state index is 13.4. The summed E-state index contributed by atoms with van der Waals surface area (Å²) in [5.74, 6) is -1.91. The molecule has 312 valence electrons. The van der Waals surface area contributed by atoms with Gasteiger partial charge in [-0.25, -0.2) is 9.59 Å². The van der Waals surface area contributed by atoms with E-state index in [1.54, 1.807) is 20.8 Å². The van der Waals surface area contributed by atoms with Gasteiger partial charge in [0, 0.05) is 18.2 Å². The number of nitrogens with one attached hydrogen (secondary N) is 5. The van der Waals surface area contributed by atoms with Crippen molar-refractivity contribution >= 4 is 30.0 Å². The maximum Gasteiger partial charge on any atom is 0.407 e. The van der Waals surface area contributed by atoms with Crippen molar-refractivity contribution in [2.24, 2.45) is 0 Å². The quantitative estimate of drug-likeness (QED) is 0.0808. The van der Waals surface area contributed by atoms with Gasteiger partial charge in [-0.05, 0) is 107 Å². The molecule has 14 nitrogen and oxygen atoms in total. The normalized spacial score (nSPS) is 13.1. The SMILES string of the molecule is C=C(NCC(=O)NC(CCCCNC(=O)OC(C)(C)C)C(=O)NCC(=O)O)C(Cc1ccc(OC(C)(C)C)cc1)NC(=O)OCC1c2ccccc2-c2ccccc21. The lowest BCUT2D eigenvalue weighted by atomic mass is 9.98. The average Bonchev–Trinajstić information content (AvgIpc) is 3.47. The van der Waals surface area contributed by atoms with Crippen molar-refractivity contribution in [2.75, 3.05) is 26.2 Å². The fourth-order valence-corrected chi connectivity index (χ4v) is 6.42. The first-order chi connectivity index (χ1) is 27.4. The first-order valence-corrected chi connectivity index (χ1v) is 19.5. The van der Waals surface area contributed by atoms with E-state index in [4.69, 9.17) is 19.3 Å². The van der Waals surface area contributed by atoms with Crippen molar-refractivity contribution in [3.05, 3.63) is 102 Å². The van der Waals surface area contributed by atoms with E-state index in [0.29, 0.717) is 30.7 Å². The van der Waals surface area contributed by atoms with Gasteiger partial charge < -0.3 is 45.9 Å². The van der Waals surface area contributed by atoms with Crippen LogP contribution in [0.25, 0.3) is 11.1 Å². The number of benzene rings is 3. The minimum atomic E-state index is -1.23. The molecule has 58 heavy (non-hydrogen) atoms. The third kappa shape index (κ3) is 14.5. The summed E-state index contributed by atoms with van der Waals surface area (Å²) in [4.78, 5) is 62.6. The second kappa shape index (κ2) is 20.4. The monoisotopic (exact) mass is 799 g/mol. The standard InChI is InChI=1S/C44H57N5O9/c1-28(46-25-38(50)48-36(40(53)47-26-39(51)52)18-12-13-23-45-41(54)58-44(5,6)7)37(24-29-19-21-30(22-20-29)57-43(2,3)4)49-42(55)56-27-35-33-16-10-8-14-31(33)32-15-9-11-17-34(32)35/h8-11,14-17,19-22,35-37,46H,1,12-13,18,23-27H2,2-7H3,(H,45,54)(H,47,53)(H,48,50)(H,49,55)(H,51,52). The van der Waals surface area contributed by atoms with Gasteiger partial charge >= 0.3 is 18.2 Å². The second-order valence-corrected chi connectivity index (χ2v) is 16.1. The number of amides is 4. The molecular weight excluding hydrogens is 743 g/mol. The van der Waals surface area contributed by atoms with Crippen LogP contribution in [0.15, 0.2) is 85.1 Å². The van der Waals surface area contributed by atoms with Crippen LogP contribution in [0.2, 0.25) is 0 Å². The molecule has 3 aromatic carbocycles. The number of carbonyl (C=O) groups is 5. The van der Waals surface area contributed by atoms with Crippen LogP contribution in [0.5, 0.6) is 5.75 Å². The second-order valence-electron chi connectivity index (χ2n) is 16.1. The van der Waals surface area contributed by atoms with Gasteiger partial charge in [-0.15, -0.1) is 0 Å². The molecule has 0 spiro atoms. The predicted molar refractivity (Wildman–Crippen MR) is 220 cm³/mol. The Morgan fingerprint density at radius 3 is 1.93 bits per heavy atom. The molecule has 1 aliphatic carbocycles. The number of alkyl carbamates (subject to hydrolysis) is 2. The van der Waals surface area contributed by atoms with Crippen LogP contribution in [0.3, 0.4) is 0 Å². The molecular formula is C44H57N5O9. The number of carboxylic acids is 1. The number of rotatable bonds is 19. The van der Waals surface area contributed by atoms with Crippen LogP contribution in [-0.2, 0) is 30.3 Å². The maximum absolute atomic E-state index is 13.4. The highest BCUT2D eigenvalue weighted by Crippen LogP contribution is 2.44. The molecule has 4 rings (SSSR count). The number of carboxylic acid groups (broad SMARTS) is 1. The summed E-state index contributed by atoms with van der Waals surface area (Å²) in [6.07, 6.45) is 0.135. The van der Waals surface area contributed by atoms with Gasteiger partial charge in [0.25, 0.3) is 0 Å². The van der Waals surface area contributed by atoms with E-state index in [2.05, 4.69) is 45.3 Å². The molecule has 6 N–H and O–H groups in total. The van der Waals surface area contributed by atoms with E-state index < -0.39 is 54.2 Å². The summed E-state index contributed by atoms with van der Waals surface area (Å²) in [7, 11) is 0. The van der Waals surface area contributed by atoms with Gasteiger partial charge in [-0.1, -0.05) is 67.2 Å². The molecule has 4 amide bonds. The van der Waals surface area contributed by atoms with Gasteiger partial charge in [0.05, 0.1) is 12.6 Å². The predicted octanol–water partition coefficient (Wildman–Crippen LogP) is 5.80. The minimum absolute atomic E-state index is 0.107. The van der Waals surface area contributed by atoms with Gasteiger partial charge in [0.1, 0.15) is 36.1 Å². The van der Waals surface area contributed by atoms with Crippen LogP contribution in [0.4, 0.5) is 9.59 Å². The van der Waals surface area contributed by atoms with Crippen molar-refractivity contribution in [3.8, 4) is 16.9 Å². The number of unbranched alkanes of at least 4 members (excludes halogenated alkanes) is 1. The molecule has 0 heterocycles. The summed E-state index contributed by atoms with van der Waals surface area (Å²) in [6, 6.07) is 21.8. The molecule has 1 aliphatic rings. The van der Waals surface area contributed by atoms with Crippen LogP contribution < -0.4 is 31.3 Å². The van der Waals surface area contributed by atoms with Crippen LogP contribution in [0, 0.1) is 0 Å². The Bertz CT molecular complexity index is 1870.